The first-order chi connectivity index (χ1) is 15.4. The number of anilines is 1. The predicted octanol–water partition coefficient (Wildman–Crippen LogP) is 1.61. The van der Waals surface area contributed by atoms with E-state index in [0.717, 1.165) is 0 Å². The van der Waals surface area contributed by atoms with E-state index in [1.165, 1.54) is 12.1 Å². The fourth-order valence-electron chi connectivity index (χ4n) is 3.17. The van der Waals surface area contributed by atoms with E-state index in [-0.39, 0.29) is 25.6 Å². The van der Waals surface area contributed by atoms with Crippen LogP contribution in [-0.2, 0) is 14.3 Å². The third-order valence-electron chi connectivity index (χ3n) is 5.07. The number of primary amides is 1. The van der Waals surface area contributed by atoms with Crippen molar-refractivity contribution in [3.8, 4) is 22.6 Å². The molecule has 0 bridgehead atoms. The number of imidazole rings is 1. The molecule has 10 nitrogen and oxygen atoms in total. The highest BCUT2D eigenvalue weighted by molar-refractivity contribution is 5.81. The van der Waals surface area contributed by atoms with E-state index in [4.69, 9.17) is 20.3 Å². The Balaban J connectivity index is 1.70. The highest BCUT2D eigenvalue weighted by atomic mass is 19.1. The number of benzene rings is 1. The summed E-state index contributed by atoms with van der Waals surface area (Å²) in [7, 11) is 0. The van der Waals surface area contributed by atoms with Gasteiger partial charge in [0.2, 0.25) is 18.1 Å². The van der Waals surface area contributed by atoms with E-state index in [9.17, 15) is 9.18 Å². The second-order valence-electron chi connectivity index (χ2n) is 7.65. The van der Waals surface area contributed by atoms with Crippen LogP contribution in [0.4, 0.5) is 10.3 Å². The van der Waals surface area contributed by atoms with Crippen molar-refractivity contribution in [2.75, 3.05) is 31.7 Å². The lowest BCUT2D eigenvalue weighted by atomic mass is 9.91. The molecule has 32 heavy (non-hydrogen) atoms. The van der Waals surface area contributed by atoms with Gasteiger partial charge in [-0.25, -0.2) is 19.3 Å². The molecule has 1 aromatic carbocycles. The molecule has 11 heteroatoms. The molecule has 3 aromatic rings. The lowest BCUT2D eigenvalue weighted by molar-refractivity contribution is -0.230. The van der Waals surface area contributed by atoms with Gasteiger partial charge in [-0.1, -0.05) is 0 Å². The normalized spacial score (nSPS) is 20.8. The number of carbonyl (C=O) groups excluding carboxylic acids is 1. The average Bonchev–Trinajstić information content (AvgIpc) is 3.24. The molecule has 0 spiro atoms. The molecule has 4 rings (SSSR count). The summed E-state index contributed by atoms with van der Waals surface area (Å²) in [5.41, 5.74) is 6.76. The van der Waals surface area contributed by atoms with Gasteiger partial charge in [0.05, 0.1) is 42.3 Å². The summed E-state index contributed by atoms with van der Waals surface area (Å²) in [6, 6.07) is 7.59. The van der Waals surface area contributed by atoms with Gasteiger partial charge in [0, 0.05) is 18.3 Å². The third-order valence-corrected chi connectivity index (χ3v) is 5.07. The molecule has 5 N–H and O–H groups in total. The van der Waals surface area contributed by atoms with Crippen LogP contribution in [0.25, 0.3) is 22.6 Å². The molecule has 0 saturated carbocycles. The number of aliphatic hydroxyl groups excluding tert-OH is 1. The van der Waals surface area contributed by atoms with E-state index in [0.29, 0.717) is 41.0 Å². The summed E-state index contributed by atoms with van der Waals surface area (Å²) < 4.78 is 24.9. The minimum absolute atomic E-state index is 0.0663. The summed E-state index contributed by atoms with van der Waals surface area (Å²) in [6.07, 6.45) is 0.729. The van der Waals surface area contributed by atoms with Crippen LogP contribution in [0.1, 0.15) is 19.0 Å². The van der Waals surface area contributed by atoms with Gasteiger partial charge in [0.1, 0.15) is 5.82 Å². The Morgan fingerprint density at radius 1 is 1.28 bits per heavy atom. The number of hydrogen-bond donors (Lipinski definition) is 4. The van der Waals surface area contributed by atoms with Crippen molar-refractivity contribution in [3.63, 3.8) is 0 Å². The Labute approximate surface area is 183 Å². The molecule has 1 aliphatic heterocycles. The van der Waals surface area contributed by atoms with Gasteiger partial charge in [0.15, 0.2) is 5.82 Å². The summed E-state index contributed by atoms with van der Waals surface area (Å²) in [6.45, 7) is 2.06. The zero-order chi connectivity index (χ0) is 22.7. The first-order valence-corrected chi connectivity index (χ1v) is 9.97. The number of ether oxygens (including phenoxy) is 2. The number of halogens is 1. The first kappa shape index (κ1) is 21.8. The van der Waals surface area contributed by atoms with Crippen LogP contribution in [-0.4, -0.2) is 57.3 Å². The number of hydrogen-bond acceptors (Lipinski definition) is 8. The monoisotopic (exact) mass is 442 g/mol. The molecule has 1 amide bonds. The Hall–Kier alpha value is -3.41. The first-order valence-electron chi connectivity index (χ1n) is 9.97. The number of amides is 1. The fourth-order valence-corrected chi connectivity index (χ4v) is 3.17. The molecule has 0 unspecified atom stereocenters. The minimum Gasteiger partial charge on any atom is -0.395 e. The van der Waals surface area contributed by atoms with Gasteiger partial charge in [-0.05, 0) is 37.3 Å². The number of nitrogens with zero attached hydrogens (tertiary/aromatic N) is 3. The van der Waals surface area contributed by atoms with Crippen LogP contribution in [0.3, 0.4) is 0 Å². The van der Waals surface area contributed by atoms with Crippen LogP contribution < -0.4 is 11.1 Å². The van der Waals surface area contributed by atoms with E-state index < -0.39 is 17.6 Å². The van der Waals surface area contributed by atoms with Crippen molar-refractivity contribution in [2.45, 2.75) is 13.2 Å². The number of aromatic nitrogens is 4. The average molecular weight is 442 g/mol. The Kier molecular flexibility index (Phi) is 6.12. The maximum atomic E-state index is 13.5. The molecule has 168 valence electrons. The van der Waals surface area contributed by atoms with Crippen LogP contribution in [0.5, 0.6) is 0 Å². The van der Waals surface area contributed by atoms with Crippen molar-refractivity contribution in [2.24, 2.45) is 11.1 Å². The lowest BCUT2D eigenvalue weighted by Gasteiger charge is -2.34. The van der Waals surface area contributed by atoms with E-state index in [1.807, 2.05) is 0 Å². The highest BCUT2D eigenvalue weighted by Crippen LogP contribution is 2.35. The molecular weight excluding hydrogens is 419 g/mol. The topological polar surface area (TPSA) is 148 Å². The summed E-state index contributed by atoms with van der Waals surface area (Å²) >= 11 is 0. The maximum Gasteiger partial charge on any atom is 0.228 e. The van der Waals surface area contributed by atoms with E-state index in [2.05, 4.69) is 25.3 Å². The number of carbonyl (C=O) groups is 1. The predicted molar refractivity (Wildman–Crippen MR) is 113 cm³/mol. The van der Waals surface area contributed by atoms with Gasteiger partial charge >= 0.3 is 0 Å². The van der Waals surface area contributed by atoms with Gasteiger partial charge in [-0.15, -0.1) is 0 Å². The minimum atomic E-state index is -0.925. The summed E-state index contributed by atoms with van der Waals surface area (Å²) in [5, 5.41) is 11.9. The van der Waals surface area contributed by atoms with Crippen molar-refractivity contribution < 1.29 is 23.8 Å². The Bertz CT molecular complexity index is 1100. The van der Waals surface area contributed by atoms with Gasteiger partial charge in [-0.2, -0.15) is 0 Å². The summed E-state index contributed by atoms with van der Waals surface area (Å²) in [4.78, 5) is 28.1. The Morgan fingerprint density at radius 2 is 2.00 bits per heavy atom. The molecule has 1 aliphatic rings. The molecule has 1 fully saturated rings. The SMILES string of the molecule is CC1(C(N)=O)COC(c2nc(-c3ccc(F)cc3)c(-c3ccnc(NCCO)n3)[nH]2)OC1. The molecule has 2 aromatic heterocycles. The van der Waals surface area contributed by atoms with E-state index in [1.54, 1.807) is 31.3 Å². The highest BCUT2D eigenvalue weighted by Gasteiger charge is 2.39. The third kappa shape index (κ3) is 4.44. The summed E-state index contributed by atoms with van der Waals surface area (Å²) in [5.74, 6) is -0.172. The standard InChI is InChI=1S/C21H23FN6O4/c1-21(19(23)30)10-31-18(32-11-21)17-27-15(12-2-4-13(22)5-3-12)16(28-17)14-6-7-24-20(26-14)25-8-9-29/h2-7,18,29H,8-11H2,1H3,(H2,23,30)(H,27,28)(H,24,25,26). The number of nitrogens with one attached hydrogen (secondary N) is 2. The van der Waals surface area contributed by atoms with Gasteiger partial charge in [-0.3, -0.25) is 4.79 Å². The van der Waals surface area contributed by atoms with Gasteiger partial charge < -0.3 is 30.6 Å². The van der Waals surface area contributed by atoms with Crippen LogP contribution in [0, 0.1) is 11.2 Å². The maximum absolute atomic E-state index is 13.5. The number of nitrogens with two attached hydrogens (primary N) is 1. The molecule has 0 aliphatic carbocycles. The molecule has 1 saturated heterocycles. The second kappa shape index (κ2) is 8.99. The quantitative estimate of drug-likeness (QED) is 0.431. The zero-order valence-corrected chi connectivity index (χ0v) is 17.3. The smallest absolute Gasteiger partial charge is 0.228 e. The number of rotatable bonds is 7. The fraction of sp³-hybridized carbons (Fsp3) is 0.333. The second-order valence-corrected chi connectivity index (χ2v) is 7.65. The lowest BCUT2D eigenvalue weighted by Crippen LogP contribution is -2.46. The van der Waals surface area contributed by atoms with Crippen molar-refractivity contribution >= 4 is 11.9 Å². The molecule has 0 radical (unpaired) electrons. The Morgan fingerprint density at radius 3 is 2.66 bits per heavy atom. The number of H-pyrrole nitrogens is 1. The van der Waals surface area contributed by atoms with Crippen LogP contribution in [0.2, 0.25) is 0 Å². The molecule has 0 atom stereocenters. The van der Waals surface area contributed by atoms with Crippen LogP contribution in [0.15, 0.2) is 36.5 Å². The molecule has 3 heterocycles. The van der Waals surface area contributed by atoms with Crippen molar-refractivity contribution in [1.82, 2.24) is 19.9 Å². The van der Waals surface area contributed by atoms with E-state index >= 15 is 0 Å². The largest absolute Gasteiger partial charge is 0.395 e. The van der Waals surface area contributed by atoms with Crippen LogP contribution >= 0.6 is 0 Å². The van der Waals surface area contributed by atoms with Crippen molar-refractivity contribution in [1.29, 1.82) is 0 Å². The number of aliphatic hydroxyl groups is 1. The van der Waals surface area contributed by atoms with Crippen molar-refractivity contribution in [3.05, 3.63) is 48.2 Å². The zero-order valence-electron chi connectivity index (χ0n) is 17.3. The van der Waals surface area contributed by atoms with Gasteiger partial charge in [0.25, 0.3) is 0 Å². The number of aromatic amines is 1. The molecular formula is C21H23FN6O4.